The van der Waals surface area contributed by atoms with Gasteiger partial charge in [-0.25, -0.2) is 9.97 Å². The summed E-state index contributed by atoms with van der Waals surface area (Å²) in [5.41, 5.74) is 5.95. The number of hydrogen-bond donors (Lipinski definition) is 1. The number of fused-ring (bicyclic) bond motifs is 1. The fourth-order valence-electron chi connectivity index (χ4n) is 5.06. The number of piperidine rings is 1. The van der Waals surface area contributed by atoms with Crippen molar-refractivity contribution in [3.05, 3.63) is 47.4 Å². The molecule has 5 rings (SSSR count). The maximum atomic E-state index is 4.58. The van der Waals surface area contributed by atoms with E-state index in [1.807, 2.05) is 19.2 Å². The minimum absolute atomic E-state index is 0.617. The molecule has 1 spiro atoms. The van der Waals surface area contributed by atoms with E-state index in [0.717, 1.165) is 11.5 Å². The van der Waals surface area contributed by atoms with Crippen molar-refractivity contribution in [3.8, 4) is 11.3 Å². The topological polar surface area (TPSA) is 41.1 Å². The second-order valence-electron chi connectivity index (χ2n) is 8.11. The van der Waals surface area contributed by atoms with Gasteiger partial charge in [-0.05, 0) is 74.4 Å². The van der Waals surface area contributed by atoms with Crippen molar-refractivity contribution >= 4 is 0 Å². The summed E-state index contributed by atoms with van der Waals surface area (Å²) in [4.78, 5) is 11.5. The van der Waals surface area contributed by atoms with E-state index in [1.165, 1.54) is 63.0 Å². The van der Waals surface area contributed by atoms with Crippen LogP contribution in [0, 0.1) is 12.3 Å². The first-order chi connectivity index (χ1) is 12.2. The Hall–Kier alpha value is -1.78. The summed E-state index contributed by atoms with van der Waals surface area (Å²) in [5.74, 6) is 0.837. The zero-order valence-electron chi connectivity index (χ0n) is 15.0. The third kappa shape index (κ3) is 2.68. The smallest absolute Gasteiger partial charge is 0.125 e. The third-order valence-electron chi connectivity index (χ3n) is 6.44. The van der Waals surface area contributed by atoms with Crippen molar-refractivity contribution in [2.75, 3.05) is 26.2 Å². The predicted octanol–water partition coefficient (Wildman–Crippen LogP) is 3.12. The molecule has 1 aliphatic carbocycles. The van der Waals surface area contributed by atoms with Crippen molar-refractivity contribution in [1.29, 1.82) is 0 Å². The van der Waals surface area contributed by atoms with Gasteiger partial charge in [0.05, 0.1) is 5.69 Å². The summed E-state index contributed by atoms with van der Waals surface area (Å²) >= 11 is 0. The molecule has 2 aromatic rings. The molecular weight excluding hydrogens is 308 g/mol. The molecule has 1 unspecified atom stereocenters. The number of nitrogens with zero attached hydrogens (tertiary/aromatic N) is 3. The standard InChI is InChI=1S/C21H26N4/c1-15-23-9-6-19(24-15)17-2-4-18-16(12-17)3-5-20(18)25-13-21(14-25)7-10-22-11-8-21/h2,4,6,9,12,20,22H,3,5,7-8,10-11,13-14H2,1H3. The third-order valence-corrected chi connectivity index (χ3v) is 6.44. The Balaban J connectivity index is 1.35. The van der Waals surface area contributed by atoms with Crippen LogP contribution in [-0.4, -0.2) is 41.0 Å². The highest BCUT2D eigenvalue weighted by atomic mass is 15.2. The molecule has 25 heavy (non-hydrogen) atoms. The fraction of sp³-hybridized carbons (Fsp3) is 0.524. The molecule has 0 saturated carbocycles. The summed E-state index contributed by atoms with van der Waals surface area (Å²) in [6.45, 7) is 6.96. The molecule has 0 amide bonds. The minimum Gasteiger partial charge on any atom is -0.317 e. The van der Waals surface area contributed by atoms with Crippen molar-refractivity contribution < 1.29 is 0 Å². The number of benzene rings is 1. The molecule has 2 saturated heterocycles. The van der Waals surface area contributed by atoms with E-state index in [-0.39, 0.29) is 0 Å². The number of likely N-dealkylation sites (tertiary alicyclic amines) is 1. The van der Waals surface area contributed by atoms with E-state index in [2.05, 4.69) is 38.4 Å². The van der Waals surface area contributed by atoms with Gasteiger partial charge in [0.15, 0.2) is 0 Å². The molecule has 1 aromatic heterocycles. The summed E-state index contributed by atoms with van der Waals surface area (Å²) in [7, 11) is 0. The van der Waals surface area contributed by atoms with Crippen molar-refractivity contribution in [1.82, 2.24) is 20.2 Å². The highest BCUT2D eigenvalue weighted by Gasteiger charge is 2.46. The molecule has 0 radical (unpaired) electrons. The lowest BCUT2D eigenvalue weighted by molar-refractivity contribution is -0.0512. The Morgan fingerprint density at radius 2 is 2.00 bits per heavy atom. The Bertz CT molecular complexity index is 786. The quantitative estimate of drug-likeness (QED) is 0.916. The average Bonchev–Trinajstić information content (AvgIpc) is 3.03. The zero-order valence-corrected chi connectivity index (χ0v) is 15.0. The molecule has 3 aliphatic rings. The number of nitrogens with one attached hydrogen (secondary N) is 1. The van der Waals surface area contributed by atoms with Crippen LogP contribution >= 0.6 is 0 Å². The van der Waals surface area contributed by atoms with Gasteiger partial charge in [0.1, 0.15) is 5.82 Å². The van der Waals surface area contributed by atoms with Crippen LogP contribution in [0.2, 0.25) is 0 Å². The first-order valence-corrected chi connectivity index (χ1v) is 9.60. The van der Waals surface area contributed by atoms with Crippen LogP contribution < -0.4 is 5.32 Å². The molecule has 4 heteroatoms. The maximum absolute atomic E-state index is 4.58. The second kappa shape index (κ2) is 5.89. The molecule has 1 N–H and O–H groups in total. The highest BCUT2D eigenvalue weighted by molar-refractivity contribution is 5.61. The van der Waals surface area contributed by atoms with E-state index >= 15 is 0 Å². The molecule has 1 atom stereocenters. The molecule has 2 aliphatic heterocycles. The average molecular weight is 334 g/mol. The van der Waals surface area contributed by atoms with Gasteiger partial charge in [0.25, 0.3) is 0 Å². The summed E-state index contributed by atoms with van der Waals surface area (Å²) in [5, 5.41) is 3.50. The molecular formula is C21H26N4. The van der Waals surface area contributed by atoms with Crippen LogP contribution in [0.4, 0.5) is 0 Å². The van der Waals surface area contributed by atoms with Crippen LogP contribution in [0.25, 0.3) is 11.3 Å². The summed E-state index contributed by atoms with van der Waals surface area (Å²) in [6, 6.07) is 9.61. The van der Waals surface area contributed by atoms with Gasteiger partial charge >= 0.3 is 0 Å². The Labute approximate surface area is 149 Å². The number of aromatic nitrogens is 2. The van der Waals surface area contributed by atoms with Crippen molar-refractivity contribution in [2.24, 2.45) is 5.41 Å². The molecule has 4 nitrogen and oxygen atoms in total. The second-order valence-corrected chi connectivity index (χ2v) is 8.11. The maximum Gasteiger partial charge on any atom is 0.125 e. The normalized spacial score (nSPS) is 24.9. The minimum atomic E-state index is 0.617. The van der Waals surface area contributed by atoms with Gasteiger partial charge in [-0.3, -0.25) is 4.90 Å². The van der Waals surface area contributed by atoms with Crippen LogP contribution in [-0.2, 0) is 6.42 Å². The van der Waals surface area contributed by atoms with E-state index in [9.17, 15) is 0 Å². The number of aryl methyl sites for hydroxylation is 2. The first-order valence-electron chi connectivity index (χ1n) is 9.60. The fourth-order valence-corrected chi connectivity index (χ4v) is 5.06. The lowest BCUT2D eigenvalue weighted by Gasteiger charge is -2.55. The highest BCUT2D eigenvalue weighted by Crippen LogP contribution is 2.47. The van der Waals surface area contributed by atoms with E-state index in [1.54, 1.807) is 5.56 Å². The van der Waals surface area contributed by atoms with Crippen LogP contribution in [0.1, 0.15) is 42.3 Å². The Morgan fingerprint density at radius 1 is 1.16 bits per heavy atom. The summed E-state index contributed by atoms with van der Waals surface area (Å²) < 4.78 is 0. The largest absolute Gasteiger partial charge is 0.317 e. The van der Waals surface area contributed by atoms with Crippen molar-refractivity contribution in [3.63, 3.8) is 0 Å². The van der Waals surface area contributed by atoms with Gasteiger partial charge in [0, 0.05) is 30.9 Å². The first kappa shape index (κ1) is 15.5. The SMILES string of the molecule is Cc1nccc(-c2ccc3c(c2)CCC3N2CC3(CCNCC3)C2)n1. The lowest BCUT2D eigenvalue weighted by Crippen LogP contribution is -2.60. The van der Waals surface area contributed by atoms with Crippen molar-refractivity contribution in [2.45, 2.75) is 38.6 Å². The van der Waals surface area contributed by atoms with Crippen LogP contribution in [0.5, 0.6) is 0 Å². The monoisotopic (exact) mass is 334 g/mol. The summed E-state index contributed by atoms with van der Waals surface area (Å²) in [6.07, 6.45) is 7.04. The molecule has 1 aromatic carbocycles. The van der Waals surface area contributed by atoms with E-state index in [4.69, 9.17) is 0 Å². The van der Waals surface area contributed by atoms with Gasteiger partial charge in [0.2, 0.25) is 0 Å². The molecule has 3 heterocycles. The van der Waals surface area contributed by atoms with Crippen LogP contribution in [0.15, 0.2) is 30.5 Å². The lowest BCUT2D eigenvalue weighted by atomic mass is 9.71. The van der Waals surface area contributed by atoms with Gasteiger partial charge in [-0.2, -0.15) is 0 Å². The number of hydrogen-bond acceptors (Lipinski definition) is 4. The van der Waals surface area contributed by atoms with Crippen LogP contribution in [0.3, 0.4) is 0 Å². The van der Waals surface area contributed by atoms with Gasteiger partial charge < -0.3 is 5.32 Å². The zero-order chi connectivity index (χ0) is 16.9. The Morgan fingerprint density at radius 3 is 2.80 bits per heavy atom. The van der Waals surface area contributed by atoms with E-state index < -0.39 is 0 Å². The molecule has 2 fully saturated rings. The van der Waals surface area contributed by atoms with Gasteiger partial charge in [-0.15, -0.1) is 0 Å². The Kier molecular flexibility index (Phi) is 3.64. The van der Waals surface area contributed by atoms with E-state index in [0.29, 0.717) is 11.5 Å². The van der Waals surface area contributed by atoms with Gasteiger partial charge in [-0.1, -0.05) is 12.1 Å². The predicted molar refractivity (Wildman–Crippen MR) is 99.4 cm³/mol. The molecule has 130 valence electrons. The number of rotatable bonds is 2. The molecule has 0 bridgehead atoms.